The van der Waals surface area contributed by atoms with Gasteiger partial charge in [0.05, 0.1) is 32.1 Å². The molecule has 0 saturated heterocycles. The zero-order valence-electron chi connectivity index (χ0n) is 63.4. The molecule has 0 atom stereocenters. The lowest BCUT2D eigenvalue weighted by atomic mass is 9.80. The average molecular weight is 1240 g/mol. The summed E-state index contributed by atoms with van der Waals surface area (Å²) in [5.74, 6) is 0. The molecule has 0 unspecified atom stereocenters. The minimum Gasteiger partial charge on any atom is -0.381 e. The van der Waals surface area contributed by atoms with Crippen molar-refractivity contribution in [3.8, 4) is 0 Å². The molecule has 0 fully saturated rings. The topological polar surface area (TPSA) is 86.1 Å². The number of ether oxygens (including phenoxy) is 6. The van der Waals surface area contributed by atoms with E-state index >= 15 is 0 Å². The lowest BCUT2D eigenvalue weighted by molar-refractivity contribution is 0.0379. The Labute approximate surface area is 549 Å². The van der Waals surface area contributed by atoms with Gasteiger partial charge in [-0.25, -0.2) is 4.68 Å². The van der Waals surface area contributed by atoms with Gasteiger partial charge in [-0.1, -0.05) is 244 Å². The Morgan fingerprint density at radius 2 is 0.602 bits per heavy atom. The zero-order valence-corrected chi connectivity index (χ0v) is 63.4. The van der Waals surface area contributed by atoms with E-state index in [4.69, 9.17) is 28.4 Å². The first-order chi connectivity index (χ1) is 40.2. The van der Waals surface area contributed by atoms with Gasteiger partial charge in [0.25, 0.3) is 0 Å². The van der Waals surface area contributed by atoms with Crippen molar-refractivity contribution in [2.75, 3.05) is 79.3 Å². The van der Waals surface area contributed by atoms with Gasteiger partial charge >= 0.3 is 0 Å². The molecule has 1 aromatic heterocycles. The van der Waals surface area contributed by atoms with Crippen molar-refractivity contribution in [3.05, 3.63) is 84.8 Å². The van der Waals surface area contributed by atoms with Crippen molar-refractivity contribution in [3.63, 3.8) is 0 Å². The summed E-state index contributed by atoms with van der Waals surface area (Å²) in [6.45, 7) is 88.9. The third-order valence-corrected chi connectivity index (χ3v) is 15.6. The third-order valence-electron chi connectivity index (χ3n) is 15.6. The highest BCUT2D eigenvalue weighted by Gasteiger charge is 2.19. The maximum absolute atomic E-state index is 5.74. The molecule has 0 aliphatic heterocycles. The van der Waals surface area contributed by atoms with Gasteiger partial charge in [-0.2, -0.15) is 0 Å². The monoisotopic (exact) mass is 1240 g/mol. The van der Waals surface area contributed by atoms with E-state index in [0.29, 0.717) is 41.5 Å². The van der Waals surface area contributed by atoms with Crippen LogP contribution in [0, 0.1) is 43.3 Å². The third kappa shape index (κ3) is 63.5. The first-order valence-corrected chi connectivity index (χ1v) is 34.7. The molecule has 1 rings (SSSR count). The lowest BCUT2D eigenvalue weighted by Gasteiger charge is -2.25. The molecule has 1 aromatic rings. The van der Waals surface area contributed by atoms with E-state index < -0.39 is 0 Å². The maximum atomic E-state index is 5.74. The number of hydrogen-bond donors (Lipinski definition) is 0. The molecule has 0 saturated carbocycles. The quantitative estimate of drug-likeness (QED) is 0.0473. The Bertz CT molecular complexity index is 1970. The van der Waals surface area contributed by atoms with Crippen LogP contribution in [0.4, 0.5) is 0 Å². The number of hydrogen-bond acceptors (Lipinski definition) is 8. The van der Waals surface area contributed by atoms with Gasteiger partial charge in [-0.15, -0.1) is 5.10 Å². The molecule has 88 heavy (non-hydrogen) atoms. The molecule has 0 bridgehead atoms. The largest absolute Gasteiger partial charge is 0.381 e. The van der Waals surface area contributed by atoms with Gasteiger partial charge < -0.3 is 28.4 Å². The molecule has 9 heteroatoms. The number of nitrogens with zero attached hydrogens (tertiary/aromatic N) is 3. The second-order valence-electron chi connectivity index (χ2n) is 34.0. The smallest absolute Gasteiger partial charge is 0.0830 e. The highest BCUT2D eigenvalue weighted by molar-refractivity contribution is 5.07. The Hall–Kier alpha value is -2.66. The van der Waals surface area contributed by atoms with Crippen LogP contribution in [0.15, 0.2) is 79.1 Å². The highest BCUT2D eigenvalue weighted by Crippen LogP contribution is 2.32. The van der Waals surface area contributed by atoms with E-state index in [1.165, 1.54) is 46.3 Å². The van der Waals surface area contributed by atoms with Crippen molar-refractivity contribution in [1.29, 1.82) is 0 Å². The first-order valence-electron chi connectivity index (χ1n) is 34.7. The van der Waals surface area contributed by atoms with Crippen LogP contribution in [0.1, 0.15) is 294 Å². The summed E-state index contributed by atoms with van der Waals surface area (Å²) < 4.78 is 35.9. The van der Waals surface area contributed by atoms with Crippen molar-refractivity contribution < 1.29 is 28.4 Å². The van der Waals surface area contributed by atoms with Crippen LogP contribution in [-0.2, 0) is 41.4 Å². The fourth-order valence-electron chi connectivity index (χ4n) is 7.76. The summed E-state index contributed by atoms with van der Waals surface area (Å²) in [6, 6.07) is 0. The number of aryl methyl sites for hydroxylation is 1. The summed E-state index contributed by atoms with van der Waals surface area (Å²) in [7, 11) is 0. The van der Waals surface area contributed by atoms with Crippen LogP contribution < -0.4 is 0 Å². The van der Waals surface area contributed by atoms with E-state index in [-0.39, 0.29) is 21.7 Å². The summed E-state index contributed by atoms with van der Waals surface area (Å²) in [4.78, 5) is 0. The highest BCUT2D eigenvalue weighted by atomic mass is 16.5. The molecular formula is C79H151N3O6. The number of rotatable bonds is 42. The Balaban J connectivity index is -0.00000115. The Morgan fingerprint density at radius 3 is 0.966 bits per heavy atom. The van der Waals surface area contributed by atoms with Crippen molar-refractivity contribution in [2.24, 2.45) is 43.3 Å². The fourth-order valence-corrected chi connectivity index (χ4v) is 7.76. The Morgan fingerprint density at radius 1 is 0.318 bits per heavy atom. The molecule has 9 nitrogen and oxygen atoms in total. The predicted molar refractivity (Wildman–Crippen MR) is 387 cm³/mol. The van der Waals surface area contributed by atoms with E-state index in [0.717, 1.165) is 187 Å². The number of aromatic nitrogens is 3. The van der Waals surface area contributed by atoms with Gasteiger partial charge in [0.15, 0.2) is 0 Å². The Kier molecular flexibility index (Phi) is 48.1. The normalized spacial score (nSPS) is 12.5. The van der Waals surface area contributed by atoms with E-state index in [1.54, 1.807) is 0 Å². The van der Waals surface area contributed by atoms with Gasteiger partial charge in [0.2, 0.25) is 0 Å². The molecule has 0 aromatic carbocycles. The minimum absolute atomic E-state index is 0.183. The molecule has 1 heterocycles. The van der Waals surface area contributed by atoms with Crippen LogP contribution in [0.5, 0.6) is 0 Å². The minimum atomic E-state index is 0.183. The molecule has 0 aliphatic rings. The summed E-state index contributed by atoms with van der Waals surface area (Å²) in [6.07, 6.45) is 23.5. The van der Waals surface area contributed by atoms with E-state index in [9.17, 15) is 0 Å². The maximum Gasteiger partial charge on any atom is 0.0830 e. The number of allylic oxidation sites excluding steroid dienone is 6. The molecule has 0 spiro atoms. The van der Waals surface area contributed by atoms with Gasteiger partial charge in [0.1, 0.15) is 0 Å². The molecule has 518 valence electrons. The molecule has 0 aliphatic carbocycles. The summed E-state index contributed by atoms with van der Waals surface area (Å²) in [5, 5.41) is 8.49. The predicted octanol–water partition coefficient (Wildman–Crippen LogP) is 23.0. The summed E-state index contributed by atoms with van der Waals surface area (Å²) in [5.41, 5.74) is 11.3. The van der Waals surface area contributed by atoms with Gasteiger partial charge in [-0.3, -0.25) is 0 Å². The van der Waals surface area contributed by atoms with Crippen LogP contribution >= 0.6 is 0 Å². The van der Waals surface area contributed by atoms with Crippen molar-refractivity contribution >= 4 is 0 Å². The first kappa shape index (κ1) is 89.5. The molecule has 0 N–H and O–H groups in total. The SMILES string of the molecule is C=C(CCC(C)(C)C)C(C)(C)C.C=C(CCCCOCCCC(=C)C(C)(C)C)CCCOCCC(C)(C)C.C=C(CCCOCCC(C)(C)C)CCc1cn(CCOCCCC(=C)C(C)(C)C)nn1.C=C(CCCOCCOCCC(C)(C)C)C(C)(C)C. The fraction of sp³-hybridized carbons (Fsp3) is 0.823. The van der Waals surface area contributed by atoms with E-state index in [1.807, 2.05) is 10.9 Å². The van der Waals surface area contributed by atoms with Crippen molar-refractivity contribution in [1.82, 2.24) is 15.0 Å². The van der Waals surface area contributed by atoms with Crippen molar-refractivity contribution in [2.45, 2.75) is 301 Å². The standard InChI is InChI=1S/C26H47N3O2.C24H46O2.C17H34O2.C12H24/c1-22(11-9-17-30-19-15-25(3,4)5)13-14-24-21-29(28-27-24)16-20-31-18-10-12-23(2)26(6,7)8;1-21(14-11-18-26-20-16-23(3,4)5)13-9-10-17-25-19-12-15-22(2)24(6,7)8;1-15(17(5,6)7)9-8-11-18-13-14-19-12-10-16(2,3)4;1-10(12(5,6)7)8-9-11(2,3)4/h21H,1-2,9-20H2,3-8H3;1-2,9-20H2,3-8H3;1,8-14H2,2-7H3;1,8-9H2,2-7H3. The summed E-state index contributed by atoms with van der Waals surface area (Å²) >= 11 is 0. The van der Waals surface area contributed by atoms with Crippen LogP contribution in [0.3, 0.4) is 0 Å². The molecular weight excluding hydrogens is 1090 g/mol. The second kappa shape index (κ2) is 47.3. The zero-order chi connectivity index (χ0) is 68.3. The average Bonchev–Trinajstić information content (AvgIpc) is 3.93. The molecule has 0 radical (unpaired) electrons. The lowest BCUT2D eigenvalue weighted by Crippen LogP contribution is -2.12. The molecule has 0 amide bonds. The number of unbranched alkanes of at least 4 members (excludes halogenated alkanes) is 1. The van der Waals surface area contributed by atoms with Crippen LogP contribution in [0.25, 0.3) is 0 Å². The second-order valence-corrected chi connectivity index (χ2v) is 34.0. The van der Waals surface area contributed by atoms with Gasteiger partial charge in [0, 0.05) is 65.7 Å². The van der Waals surface area contributed by atoms with Crippen LogP contribution in [-0.4, -0.2) is 94.3 Å². The van der Waals surface area contributed by atoms with Gasteiger partial charge in [-0.05, 0) is 172 Å². The van der Waals surface area contributed by atoms with E-state index in [2.05, 4.69) is 216 Å². The van der Waals surface area contributed by atoms with Crippen LogP contribution in [0.2, 0.25) is 0 Å².